The van der Waals surface area contributed by atoms with E-state index in [-0.39, 0.29) is 11.7 Å². The van der Waals surface area contributed by atoms with E-state index in [1.54, 1.807) is 26.0 Å². The molecular weight excluding hydrogens is 246 g/mol. The Morgan fingerprint density at radius 2 is 2.21 bits per heavy atom. The highest BCUT2D eigenvalue weighted by molar-refractivity contribution is 6.09. The zero-order chi connectivity index (χ0) is 14.2. The summed E-state index contributed by atoms with van der Waals surface area (Å²) in [5.41, 5.74) is 1.24. The Hall–Kier alpha value is -2.37. The Kier molecular flexibility index (Phi) is 3.25. The Labute approximate surface area is 111 Å². The molecule has 1 aliphatic heterocycles. The molecule has 1 aromatic rings. The molecule has 0 aliphatic carbocycles. The first-order valence-corrected chi connectivity index (χ1v) is 5.85. The van der Waals surface area contributed by atoms with Crippen molar-refractivity contribution >= 4 is 23.5 Å². The zero-order valence-corrected chi connectivity index (χ0v) is 11.1. The van der Waals surface area contributed by atoms with E-state index in [1.807, 2.05) is 6.92 Å². The summed E-state index contributed by atoms with van der Waals surface area (Å²) in [6, 6.07) is 2.79. The number of fused-ring (bicyclic) bond motifs is 1. The summed E-state index contributed by atoms with van der Waals surface area (Å²) in [5.74, 6) is 0.368. The van der Waals surface area contributed by atoms with E-state index >= 15 is 0 Å². The van der Waals surface area contributed by atoms with Crippen LogP contribution in [0.4, 0.5) is 16.3 Å². The molecule has 0 fully saturated rings. The molecule has 6 nitrogen and oxygen atoms in total. The fraction of sp³-hybridized carbons (Fsp3) is 0.308. The maximum absolute atomic E-state index is 12.1. The van der Waals surface area contributed by atoms with E-state index in [9.17, 15) is 9.59 Å². The lowest BCUT2D eigenvalue weighted by molar-refractivity contribution is -0.117. The number of aryl methyl sites for hydroxylation is 1. The number of hydrogen-bond donors (Lipinski definition) is 1. The molecule has 0 aromatic carbocycles. The highest BCUT2D eigenvalue weighted by Gasteiger charge is 2.36. The maximum Gasteiger partial charge on any atom is 0.421 e. The summed E-state index contributed by atoms with van der Waals surface area (Å²) in [4.78, 5) is 29.4. The molecular formula is C13H15N3O3. The van der Waals surface area contributed by atoms with Crippen molar-refractivity contribution in [2.45, 2.75) is 26.8 Å². The molecule has 1 N–H and O–H groups in total. The minimum absolute atomic E-state index is 0.261. The Bertz CT molecular complexity index is 568. The van der Waals surface area contributed by atoms with Gasteiger partial charge in [-0.2, -0.15) is 0 Å². The molecule has 100 valence electrons. The van der Waals surface area contributed by atoms with E-state index in [4.69, 9.17) is 4.74 Å². The number of allylic oxidation sites excluding steroid dienone is 1. The van der Waals surface area contributed by atoms with Crippen LogP contribution < -0.4 is 10.2 Å². The quantitative estimate of drug-likeness (QED) is 0.787. The number of carbonyl (C=O) groups excluding carboxylic acids is 2. The Balaban J connectivity index is 2.46. The van der Waals surface area contributed by atoms with Crippen LogP contribution in [0.1, 0.15) is 19.5 Å². The van der Waals surface area contributed by atoms with Gasteiger partial charge in [-0.15, -0.1) is 0 Å². The summed E-state index contributed by atoms with van der Waals surface area (Å²) >= 11 is 0. The second-order valence-corrected chi connectivity index (χ2v) is 4.43. The summed E-state index contributed by atoms with van der Waals surface area (Å²) in [5, 5.41) is 2.70. The number of anilines is 2. The average Bonchev–Trinajstić information content (AvgIpc) is 2.30. The molecule has 1 aliphatic rings. The first kappa shape index (κ1) is 13.1. The molecule has 0 saturated carbocycles. The number of ether oxygens (including phenoxy) is 1. The number of amides is 2. The molecule has 1 aromatic heterocycles. The van der Waals surface area contributed by atoms with Crippen LogP contribution in [0.2, 0.25) is 0 Å². The first-order chi connectivity index (χ1) is 8.90. The van der Waals surface area contributed by atoms with Crippen LogP contribution in [0.15, 0.2) is 24.5 Å². The van der Waals surface area contributed by atoms with Crippen LogP contribution in [0.5, 0.6) is 0 Å². The van der Waals surface area contributed by atoms with E-state index < -0.39 is 12.1 Å². The second-order valence-electron chi connectivity index (χ2n) is 4.43. The van der Waals surface area contributed by atoms with E-state index in [0.717, 1.165) is 5.69 Å². The molecule has 2 heterocycles. The lowest BCUT2D eigenvalue weighted by Gasteiger charge is -2.32. The Morgan fingerprint density at radius 3 is 2.84 bits per heavy atom. The minimum Gasteiger partial charge on any atom is -0.415 e. The molecule has 0 saturated heterocycles. The van der Waals surface area contributed by atoms with Crippen LogP contribution in [0.3, 0.4) is 0 Å². The number of nitrogens with one attached hydrogen (secondary N) is 1. The van der Waals surface area contributed by atoms with Crippen LogP contribution >= 0.6 is 0 Å². The molecule has 0 unspecified atom stereocenters. The molecule has 2 rings (SSSR count). The van der Waals surface area contributed by atoms with Gasteiger partial charge in [-0.3, -0.25) is 4.79 Å². The van der Waals surface area contributed by atoms with Gasteiger partial charge in [0.05, 0.1) is 11.4 Å². The monoisotopic (exact) mass is 261 g/mol. The SMILES string of the molecule is C=C(C)OC(=O)N1c2nc(C)ccc2NC(=O)[C@@H]1C. The third kappa shape index (κ3) is 2.42. The van der Waals surface area contributed by atoms with Crippen molar-refractivity contribution in [1.82, 2.24) is 4.98 Å². The minimum atomic E-state index is -0.686. The van der Waals surface area contributed by atoms with Crippen molar-refractivity contribution in [3.8, 4) is 0 Å². The molecule has 1 atom stereocenters. The maximum atomic E-state index is 12.1. The van der Waals surface area contributed by atoms with Crippen molar-refractivity contribution in [2.24, 2.45) is 0 Å². The second kappa shape index (κ2) is 4.72. The van der Waals surface area contributed by atoms with Gasteiger partial charge >= 0.3 is 6.09 Å². The fourth-order valence-electron chi connectivity index (χ4n) is 1.80. The largest absolute Gasteiger partial charge is 0.421 e. The van der Waals surface area contributed by atoms with Crippen molar-refractivity contribution in [3.63, 3.8) is 0 Å². The van der Waals surface area contributed by atoms with Gasteiger partial charge in [-0.1, -0.05) is 6.58 Å². The number of carbonyl (C=O) groups is 2. The van der Waals surface area contributed by atoms with E-state index in [1.165, 1.54) is 4.90 Å². The van der Waals surface area contributed by atoms with Crippen molar-refractivity contribution < 1.29 is 14.3 Å². The van der Waals surface area contributed by atoms with Crippen LogP contribution in [0.25, 0.3) is 0 Å². The summed E-state index contributed by atoms with van der Waals surface area (Å²) in [7, 11) is 0. The smallest absolute Gasteiger partial charge is 0.415 e. The highest BCUT2D eigenvalue weighted by Crippen LogP contribution is 2.31. The summed E-state index contributed by atoms with van der Waals surface area (Å²) in [6.07, 6.45) is -0.658. The molecule has 0 bridgehead atoms. The molecule has 6 heteroatoms. The van der Waals surface area contributed by atoms with Gasteiger partial charge in [-0.05, 0) is 32.9 Å². The van der Waals surface area contributed by atoms with E-state index in [2.05, 4.69) is 16.9 Å². The van der Waals surface area contributed by atoms with Gasteiger partial charge in [0, 0.05) is 5.69 Å². The predicted molar refractivity (Wildman–Crippen MR) is 70.8 cm³/mol. The topological polar surface area (TPSA) is 71.5 Å². The lowest BCUT2D eigenvalue weighted by Crippen LogP contribution is -2.50. The van der Waals surface area contributed by atoms with Crippen LogP contribution in [0, 0.1) is 6.92 Å². The van der Waals surface area contributed by atoms with Gasteiger partial charge in [0.1, 0.15) is 6.04 Å². The number of rotatable bonds is 1. The third-order valence-corrected chi connectivity index (χ3v) is 2.73. The molecule has 19 heavy (non-hydrogen) atoms. The van der Waals surface area contributed by atoms with Gasteiger partial charge in [-0.25, -0.2) is 14.7 Å². The van der Waals surface area contributed by atoms with Crippen LogP contribution in [-0.2, 0) is 9.53 Å². The number of pyridine rings is 1. The van der Waals surface area contributed by atoms with Crippen molar-refractivity contribution in [3.05, 3.63) is 30.2 Å². The normalized spacial score (nSPS) is 17.5. The number of hydrogen-bond acceptors (Lipinski definition) is 4. The Morgan fingerprint density at radius 1 is 1.53 bits per heavy atom. The third-order valence-electron chi connectivity index (χ3n) is 2.73. The zero-order valence-electron chi connectivity index (χ0n) is 11.1. The van der Waals surface area contributed by atoms with Crippen molar-refractivity contribution in [2.75, 3.05) is 10.2 Å². The van der Waals surface area contributed by atoms with E-state index in [0.29, 0.717) is 11.5 Å². The molecule has 0 spiro atoms. The van der Waals surface area contributed by atoms with Gasteiger partial charge in [0.25, 0.3) is 0 Å². The molecule has 0 radical (unpaired) electrons. The van der Waals surface area contributed by atoms with Crippen LogP contribution in [-0.4, -0.2) is 23.0 Å². The number of nitrogens with zero attached hydrogens (tertiary/aromatic N) is 2. The number of aromatic nitrogens is 1. The summed E-state index contributed by atoms with van der Waals surface area (Å²) < 4.78 is 4.98. The summed E-state index contributed by atoms with van der Waals surface area (Å²) in [6.45, 7) is 8.51. The van der Waals surface area contributed by atoms with Gasteiger partial charge in [0.2, 0.25) is 5.91 Å². The van der Waals surface area contributed by atoms with Crippen molar-refractivity contribution in [1.29, 1.82) is 0 Å². The lowest BCUT2D eigenvalue weighted by atomic mass is 10.2. The van der Waals surface area contributed by atoms with Gasteiger partial charge < -0.3 is 10.1 Å². The highest BCUT2D eigenvalue weighted by atomic mass is 16.6. The predicted octanol–water partition coefficient (Wildman–Crippen LogP) is 2.21. The van der Waals surface area contributed by atoms with Gasteiger partial charge in [0.15, 0.2) is 5.82 Å². The first-order valence-electron chi connectivity index (χ1n) is 5.85. The molecule has 2 amide bonds. The standard InChI is InChI=1S/C13H15N3O3/c1-7(2)19-13(18)16-9(4)12(17)15-10-6-5-8(3)14-11(10)16/h5-6,9H,1H2,2-4H3,(H,15,17)/t9-/m0/s1. The fourth-order valence-corrected chi connectivity index (χ4v) is 1.80. The average molecular weight is 261 g/mol.